The van der Waals surface area contributed by atoms with Crippen molar-refractivity contribution in [2.24, 2.45) is 0 Å². The van der Waals surface area contributed by atoms with E-state index in [4.69, 9.17) is 0 Å². The van der Waals surface area contributed by atoms with Gasteiger partial charge >= 0.3 is 0 Å². The van der Waals surface area contributed by atoms with Crippen molar-refractivity contribution in [2.45, 2.75) is 31.1 Å². The van der Waals surface area contributed by atoms with Crippen LogP contribution in [0.3, 0.4) is 0 Å². The Morgan fingerprint density at radius 2 is 1.84 bits per heavy atom. The van der Waals surface area contributed by atoms with Crippen LogP contribution in [0.15, 0.2) is 41.3 Å². The van der Waals surface area contributed by atoms with Crippen LogP contribution in [0, 0.1) is 17.5 Å². The van der Waals surface area contributed by atoms with E-state index in [1.165, 1.54) is 13.0 Å². The lowest BCUT2D eigenvalue weighted by molar-refractivity contribution is 0.102. The number of nitrogens with zero attached hydrogens (tertiary/aromatic N) is 2. The van der Waals surface area contributed by atoms with E-state index >= 15 is 0 Å². The van der Waals surface area contributed by atoms with Gasteiger partial charge in [0.05, 0.1) is 10.5 Å². The Kier molecular flexibility index (Phi) is 7.26. The van der Waals surface area contributed by atoms with Crippen LogP contribution in [0.1, 0.15) is 40.7 Å². The number of nitrogens with one attached hydrogen (secondary N) is 2. The average Bonchev–Trinajstić information content (AvgIpc) is 3.20. The molecule has 0 spiro atoms. The minimum atomic E-state index is -4.11. The van der Waals surface area contributed by atoms with Crippen molar-refractivity contribution in [3.05, 3.63) is 70.0 Å². The van der Waals surface area contributed by atoms with E-state index in [-0.39, 0.29) is 23.4 Å². The Labute approximate surface area is 186 Å². The fourth-order valence-electron chi connectivity index (χ4n) is 2.89. The molecule has 2 N–H and O–H groups in total. The molecular formula is C20H19F3N4O3S2. The molecule has 0 saturated heterocycles. The first-order valence-electron chi connectivity index (χ1n) is 9.49. The third kappa shape index (κ3) is 5.31. The van der Waals surface area contributed by atoms with Gasteiger partial charge in [-0.25, -0.2) is 26.3 Å². The lowest BCUT2D eigenvalue weighted by atomic mass is 10.0. The molecule has 1 atom stereocenters. The molecule has 0 fully saturated rings. The second-order valence-corrected chi connectivity index (χ2v) is 9.64. The van der Waals surface area contributed by atoms with Crippen molar-refractivity contribution in [3.8, 4) is 0 Å². The molecule has 3 aromatic rings. The van der Waals surface area contributed by atoms with E-state index < -0.39 is 38.0 Å². The zero-order chi connectivity index (χ0) is 23.5. The molecule has 1 heterocycles. The van der Waals surface area contributed by atoms with Crippen molar-refractivity contribution < 1.29 is 26.4 Å². The van der Waals surface area contributed by atoms with Gasteiger partial charge in [-0.3, -0.25) is 10.1 Å². The number of anilines is 1. The van der Waals surface area contributed by atoms with Gasteiger partial charge in [0.15, 0.2) is 11.6 Å². The van der Waals surface area contributed by atoms with Crippen LogP contribution in [0.25, 0.3) is 0 Å². The minimum Gasteiger partial charge on any atom is -0.296 e. The summed E-state index contributed by atoms with van der Waals surface area (Å²) in [4.78, 5) is 11.9. The van der Waals surface area contributed by atoms with Crippen molar-refractivity contribution in [1.82, 2.24) is 14.9 Å². The molecule has 1 aromatic heterocycles. The number of hydrogen-bond acceptors (Lipinski definition) is 6. The lowest BCUT2D eigenvalue weighted by Crippen LogP contribution is -2.24. The summed E-state index contributed by atoms with van der Waals surface area (Å²) in [7, 11) is -4.11. The smallest absolute Gasteiger partial charge is 0.260 e. The topological polar surface area (TPSA) is 101 Å². The van der Waals surface area contributed by atoms with Gasteiger partial charge in [-0.15, -0.1) is 10.2 Å². The van der Waals surface area contributed by atoms with Crippen LogP contribution in [0.2, 0.25) is 0 Å². The average molecular weight is 485 g/mol. The van der Waals surface area contributed by atoms with Gasteiger partial charge in [0.2, 0.25) is 15.2 Å². The number of benzene rings is 2. The van der Waals surface area contributed by atoms with Crippen LogP contribution in [0.5, 0.6) is 0 Å². The summed E-state index contributed by atoms with van der Waals surface area (Å²) >= 11 is 0.994. The molecule has 0 aliphatic carbocycles. The molecule has 1 amide bonds. The van der Waals surface area contributed by atoms with Crippen LogP contribution in [-0.2, 0) is 16.4 Å². The van der Waals surface area contributed by atoms with Crippen LogP contribution < -0.4 is 10.0 Å². The van der Waals surface area contributed by atoms with E-state index in [2.05, 4.69) is 20.2 Å². The lowest BCUT2D eigenvalue weighted by Gasteiger charge is -2.09. The highest BCUT2D eigenvalue weighted by Gasteiger charge is 2.24. The van der Waals surface area contributed by atoms with E-state index in [0.29, 0.717) is 23.1 Å². The Morgan fingerprint density at radius 1 is 1.12 bits per heavy atom. The van der Waals surface area contributed by atoms with Crippen molar-refractivity contribution >= 4 is 32.4 Å². The monoisotopic (exact) mass is 484 g/mol. The summed E-state index contributed by atoms with van der Waals surface area (Å²) < 4.78 is 68.4. The van der Waals surface area contributed by atoms with Crippen LogP contribution in [0.4, 0.5) is 18.3 Å². The summed E-state index contributed by atoms with van der Waals surface area (Å²) in [5, 5.41) is 10.6. The molecule has 7 nitrogen and oxygen atoms in total. The number of sulfonamides is 1. The fraction of sp³-hybridized carbons (Fsp3) is 0.250. The Hall–Kier alpha value is -2.83. The standard InChI is InChI=1S/C20H19F3N4O3S2/c1-3-24-32(29,30)13-9-14(17(23)16(22)10-13)18(28)25-20-27-26-19(31-20)11(2)8-12-6-4-5-7-15(12)21/h4-7,9-11,24H,3,8H2,1-2H3,(H,25,27,28). The highest BCUT2D eigenvalue weighted by atomic mass is 32.2. The maximum Gasteiger partial charge on any atom is 0.260 e. The third-order valence-corrected chi connectivity index (χ3v) is 7.05. The number of carbonyl (C=O) groups is 1. The third-order valence-electron chi connectivity index (χ3n) is 4.46. The summed E-state index contributed by atoms with van der Waals surface area (Å²) in [5.74, 6) is -4.62. The van der Waals surface area contributed by atoms with E-state index in [1.807, 2.05) is 6.92 Å². The molecule has 0 bridgehead atoms. The molecule has 170 valence electrons. The van der Waals surface area contributed by atoms with Gasteiger partial charge in [0.25, 0.3) is 5.91 Å². The molecule has 3 rings (SSSR count). The Balaban J connectivity index is 1.79. The van der Waals surface area contributed by atoms with Crippen molar-refractivity contribution in [3.63, 3.8) is 0 Å². The molecule has 0 saturated carbocycles. The van der Waals surface area contributed by atoms with Crippen LogP contribution >= 0.6 is 11.3 Å². The van der Waals surface area contributed by atoms with Crippen LogP contribution in [-0.4, -0.2) is 31.1 Å². The predicted molar refractivity (Wildman–Crippen MR) is 114 cm³/mol. The van der Waals surface area contributed by atoms with Gasteiger partial charge in [-0.2, -0.15) is 0 Å². The minimum absolute atomic E-state index is 0.00475. The van der Waals surface area contributed by atoms with Crippen molar-refractivity contribution in [2.75, 3.05) is 11.9 Å². The second-order valence-electron chi connectivity index (χ2n) is 6.86. The maximum atomic E-state index is 14.2. The molecule has 0 radical (unpaired) electrons. The summed E-state index contributed by atoms with van der Waals surface area (Å²) in [6, 6.07) is 7.55. The number of halogens is 3. The molecule has 32 heavy (non-hydrogen) atoms. The predicted octanol–water partition coefficient (Wildman–Crippen LogP) is 3.85. The SMILES string of the molecule is CCNS(=O)(=O)c1cc(F)c(F)c(C(=O)Nc2nnc(C(C)Cc3ccccc3F)s2)c1. The summed E-state index contributed by atoms with van der Waals surface area (Å²) in [6.45, 7) is 3.36. The van der Waals surface area contributed by atoms with Gasteiger partial charge in [0.1, 0.15) is 10.8 Å². The molecule has 2 aromatic carbocycles. The van der Waals surface area contributed by atoms with E-state index in [9.17, 15) is 26.4 Å². The Bertz CT molecular complexity index is 1250. The fourth-order valence-corrected chi connectivity index (χ4v) is 4.76. The first-order valence-corrected chi connectivity index (χ1v) is 11.8. The zero-order valence-electron chi connectivity index (χ0n) is 17.0. The first kappa shape index (κ1) is 23.8. The highest BCUT2D eigenvalue weighted by molar-refractivity contribution is 7.89. The van der Waals surface area contributed by atoms with E-state index in [1.54, 1.807) is 18.2 Å². The summed E-state index contributed by atoms with van der Waals surface area (Å²) in [5.41, 5.74) is -0.297. The largest absolute Gasteiger partial charge is 0.296 e. The second kappa shape index (κ2) is 9.76. The normalized spacial score (nSPS) is 12.5. The maximum absolute atomic E-state index is 14.2. The molecular weight excluding hydrogens is 465 g/mol. The molecule has 12 heteroatoms. The van der Waals surface area contributed by atoms with E-state index in [0.717, 1.165) is 17.4 Å². The van der Waals surface area contributed by atoms with Gasteiger partial charge in [-0.05, 0) is 30.2 Å². The molecule has 0 aliphatic heterocycles. The summed E-state index contributed by atoms with van der Waals surface area (Å²) in [6.07, 6.45) is 0.347. The van der Waals surface area contributed by atoms with Gasteiger partial charge in [0, 0.05) is 12.5 Å². The molecule has 0 aliphatic rings. The number of amides is 1. The quantitative estimate of drug-likeness (QED) is 0.506. The highest BCUT2D eigenvalue weighted by Crippen LogP contribution is 2.28. The number of carbonyl (C=O) groups excluding carboxylic acids is 1. The van der Waals surface area contributed by atoms with Gasteiger partial charge in [-0.1, -0.05) is 43.4 Å². The van der Waals surface area contributed by atoms with Gasteiger partial charge < -0.3 is 0 Å². The Morgan fingerprint density at radius 3 is 2.53 bits per heavy atom. The first-order chi connectivity index (χ1) is 15.1. The number of aromatic nitrogens is 2. The molecule has 1 unspecified atom stereocenters. The van der Waals surface area contributed by atoms with Crippen molar-refractivity contribution in [1.29, 1.82) is 0 Å². The number of rotatable bonds is 8. The zero-order valence-corrected chi connectivity index (χ0v) is 18.7. The number of hydrogen-bond donors (Lipinski definition) is 2.